The number of rotatable bonds is 6. The minimum atomic E-state index is -0.337. The second-order valence-electron chi connectivity index (χ2n) is 3.56. The summed E-state index contributed by atoms with van der Waals surface area (Å²) in [6, 6.07) is 0.307. The van der Waals surface area contributed by atoms with Crippen molar-refractivity contribution in [2.45, 2.75) is 31.7 Å². The normalized spacial score (nSPS) is 16.6. The van der Waals surface area contributed by atoms with Crippen LogP contribution in [0.25, 0.3) is 0 Å². The van der Waals surface area contributed by atoms with Crippen molar-refractivity contribution in [3.05, 3.63) is 0 Å². The van der Waals surface area contributed by atoms with Crippen LogP contribution in [0.2, 0.25) is 0 Å². The standard InChI is InChI=1S/C10H18ClNO3/c11-5-6-14-7-8-15-10(13)12-9-3-1-2-4-9/h9H,1-8H2,(H,12,13). The largest absolute Gasteiger partial charge is 0.447 e. The molecule has 0 bridgehead atoms. The Labute approximate surface area is 95.3 Å². The molecule has 4 nitrogen and oxygen atoms in total. The SMILES string of the molecule is O=C(NC1CCCC1)OCCOCCCl. The summed E-state index contributed by atoms with van der Waals surface area (Å²) >= 11 is 5.41. The summed E-state index contributed by atoms with van der Waals surface area (Å²) in [5, 5.41) is 2.83. The number of carbonyl (C=O) groups excluding carboxylic acids is 1. The van der Waals surface area contributed by atoms with Gasteiger partial charge in [-0.25, -0.2) is 4.79 Å². The Kier molecular flexibility index (Phi) is 6.52. The van der Waals surface area contributed by atoms with E-state index in [0.29, 0.717) is 25.1 Å². The number of hydrogen-bond donors (Lipinski definition) is 1. The van der Waals surface area contributed by atoms with Crippen LogP contribution >= 0.6 is 11.6 Å². The molecule has 0 heterocycles. The first kappa shape index (κ1) is 12.6. The summed E-state index contributed by atoms with van der Waals surface area (Å²) in [6.07, 6.45) is 4.19. The molecule has 0 radical (unpaired) electrons. The van der Waals surface area contributed by atoms with Crippen molar-refractivity contribution in [2.24, 2.45) is 0 Å². The van der Waals surface area contributed by atoms with E-state index in [1.54, 1.807) is 0 Å². The lowest BCUT2D eigenvalue weighted by atomic mass is 10.3. The van der Waals surface area contributed by atoms with Gasteiger partial charge in [0, 0.05) is 11.9 Å². The van der Waals surface area contributed by atoms with Gasteiger partial charge in [-0.05, 0) is 12.8 Å². The first-order valence-corrected chi connectivity index (χ1v) is 5.93. The Morgan fingerprint density at radius 1 is 1.27 bits per heavy atom. The zero-order valence-electron chi connectivity index (χ0n) is 8.84. The van der Waals surface area contributed by atoms with Crippen molar-refractivity contribution < 1.29 is 14.3 Å². The maximum atomic E-state index is 11.2. The molecule has 15 heavy (non-hydrogen) atoms. The van der Waals surface area contributed by atoms with E-state index in [1.165, 1.54) is 12.8 Å². The van der Waals surface area contributed by atoms with Crippen LogP contribution < -0.4 is 5.32 Å². The van der Waals surface area contributed by atoms with Crippen molar-refractivity contribution in [3.8, 4) is 0 Å². The van der Waals surface area contributed by atoms with Gasteiger partial charge in [0.1, 0.15) is 6.61 Å². The number of hydrogen-bond acceptors (Lipinski definition) is 3. The first-order chi connectivity index (χ1) is 7.33. The van der Waals surface area contributed by atoms with Gasteiger partial charge in [-0.15, -0.1) is 11.6 Å². The fourth-order valence-corrected chi connectivity index (χ4v) is 1.74. The predicted octanol–water partition coefficient (Wildman–Crippen LogP) is 1.91. The molecule has 1 amide bonds. The van der Waals surface area contributed by atoms with Gasteiger partial charge in [-0.1, -0.05) is 12.8 Å². The lowest BCUT2D eigenvalue weighted by molar-refractivity contribution is 0.0782. The van der Waals surface area contributed by atoms with Gasteiger partial charge in [-0.2, -0.15) is 0 Å². The number of carbonyl (C=O) groups is 1. The fraction of sp³-hybridized carbons (Fsp3) is 0.900. The number of nitrogens with one attached hydrogen (secondary N) is 1. The molecule has 0 unspecified atom stereocenters. The van der Waals surface area contributed by atoms with Gasteiger partial charge in [0.05, 0.1) is 13.2 Å². The van der Waals surface area contributed by atoms with Gasteiger partial charge < -0.3 is 14.8 Å². The number of alkyl carbamates (subject to hydrolysis) is 1. The van der Waals surface area contributed by atoms with Crippen molar-refractivity contribution in [1.82, 2.24) is 5.32 Å². The Bertz CT molecular complexity index is 184. The second kappa shape index (κ2) is 7.77. The summed E-state index contributed by atoms with van der Waals surface area (Å²) in [6.45, 7) is 1.19. The molecule has 0 spiro atoms. The van der Waals surface area contributed by atoms with E-state index in [0.717, 1.165) is 12.8 Å². The molecule has 1 rings (SSSR count). The smallest absolute Gasteiger partial charge is 0.407 e. The van der Waals surface area contributed by atoms with Crippen molar-refractivity contribution in [1.29, 1.82) is 0 Å². The monoisotopic (exact) mass is 235 g/mol. The van der Waals surface area contributed by atoms with Gasteiger partial charge in [0.25, 0.3) is 0 Å². The summed E-state index contributed by atoms with van der Waals surface area (Å²) in [5.74, 6) is 0.467. The summed E-state index contributed by atoms with van der Waals surface area (Å²) < 4.78 is 10.00. The third kappa shape index (κ3) is 5.85. The van der Waals surface area contributed by atoms with E-state index < -0.39 is 0 Å². The average molecular weight is 236 g/mol. The molecule has 0 aromatic carbocycles. The first-order valence-electron chi connectivity index (χ1n) is 5.40. The molecule has 1 aliphatic rings. The highest BCUT2D eigenvalue weighted by atomic mass is 35.5. The highest BCUT2D eigenvalue weighted by molar-refractivity contribution is 6.17. The zero-order valence-corrected chi connectivity index (χ0v) is 9.59. The van der Waals surface area contributed by atoms with E-state index >= 15 is 0 Å². The number of alkyl halides is 1. The van der Waals surface area contributed by atoms with Crippen LogP contribution in [-0.2, 0) is 9.47 Å². The van der Waals surface area contributed by atoms with Crippen LogP contribution in [0.1, 0.15) is 25.7 Å². The van der Waals surface area contributed by atoms with Crippen LogP contribution in [0.15, 0.2) is 0 Å². The molecule has 5 heteroatoms. The van der Waals surface area contributed by atoms with Gasteiger partial charge in [-0.3, -0.25) is 0 Å². The average Bonchev–Trinajstić information content (AvgIpc) is 2.70. The molecule has 0 aromatic rings. The molecular formula is C10H18ClNO3. The number of ether oxygens (including phenoxy) is 2. The molecule has 0 saturated heterocycles. The van der Waals surface area contributed by atoms with Gasteiger partial charge >= 0.3 is 6.09 Å². The van der Waals surface area contributed by atoms with Crippen LogP contribution in [0.5, 0.6) is 0 Å². The maximum Gasteiger partial charge on any atom is 0.407 e. The lowest BCUT2D eigenvalue weighted by Crippen LogP contribution is -2.33. The molecule has 1 N–H and O–H groups in total. The molecule has 1 saturated carbocycles. The predicted molar refractivity (Wildman–Crippen MR) is 58.3 cm³/mol. The van der Waals surface area contributed by atoms with Crippen LogP contribution in [-0.4, -0.2) is 37.8 Å². The molecule has 0 atom stereocenters. The van der Waals surface area contributed by atoms with Gasteiger partial charge in [0.2, 0.25) is 0 Å². The van der Waals surface area contributed by atoms with Crippen molar-refractivity contribution in [3.63, 3.8) is 0 Å². The quantitative estimate of drug-likeness (QED) is 0.565. The second-order valence-corrected chi connectivity index (χ2v) is 3.94. The molecular weight excluding hydrogens is 218 g/mol. The van der Waals surface area contributed by atoms with E-state index in [2.05, 4.69) is 5.32 Å². The van der Waals surface area contributed by atoms with E-state index in [9.17, 15) is 4.79 Å². The topological polar surface area (TPSA) is 47.6 Å². The van der Waals surface area contributed by atoms with Crippen LogP contribution in [0.3, 0.4) is 0 Å². The van der Waals surface area contributed by atoms with E-state index in [4.69, 9.17) is 21.1 Å². The lowest BCUT2D eigenvalue weighted by Gasteiger charge is -2.11. The fourth-order valence-electron chi connectivity index (χ4n) is 1.63. The Balaban J connectivity index is 1.93. The molecule has 0 aliphatic heterocycles. The van der Waals surface area contributed by atoms with Crippen molar-refractivity contribution in [2.75, 3.05) is 25.7 Å². The van der Waals surface area contributed by atoms with Crippen LogP contribution in [0, 0.1) is 0 Å². The zero-order chi connectivity index (χ0) is 10.9. The summed E-state index contributed by atoms with van der Waals surface area (Å²) in [5.41, 5.74) is 0. The molecule has 88 valence electrons. The maximum absolute atomic E-state index is 11.2. The highest BCUT2D eigenvalue weighted by Crippen LogP contribution is 2.17. The summed E-state index contributed by atoms with van der Waals surface area (Å²) in [4.78, 5) is 11.2. The Hall–Kier alpha value is -0.480. The third-order valence-electron chi connectivity index (χ3n) is 2.36. The van der Waals surface area contributed by atoms with E-state index in [1.807, 2.05) is 0 Å². The van der Waals surface area contributed by atoms with E-state index in [-0.39, 0.29) is 12.7 Å². The molecule has 1 aliphatic carbocycles. The highest BCUT2D eigenvalue weighted by Gasteiger charge is 2.17. The number of halogens is 1. The summed E-state index contributed by atoms with van der Waals surface area (Å²) in [7, 11) is 0. The minimum Gasteiger partial charge on any atom is -0.447 e. The Morgan fingerprint density at radius 2 is 2.00 bits per heavy atom. The Morgan fingerprint density at radius 3 is 2.67 bits per heavy atom. The third-order valence-corrected chi connectivity index (χ3v) is 2.51. The molecule has 0 aromatic heterocycles. The van der Waals surface area contributed by atoms with Crippen molar-refractivity contribution >= 4 is 17.7 Å². The van der Waals surface area contributed by atoms with Gasteiger partial charge in [0.15, 0.2) is 0 Å². The minimum absolute atomic E-state index is 0.287. The molecule has 1 fully saturated rings. The number of amides is 1. The van der Waals surface area contributed by atoms with Crippen LogP contribution in [0.4, 0.5) is 4.79 Å².